The molecule has 0 saturated carbocycles. The number of rotatable bonds is 6. The molecule has 0 spiro atoms. The summed E-state index contributed by atoms with van der Waals surface area (Å²) in [5, 5.41) is 0. The molecule has 2 aromatic rings. The fourth-order valence-electron chi connectivity index (χ4n) is 3.53. The average molecular weight is 329 g/mol. The van der Waals surface area contributed by atoms with Crippen LogP contribution in [0.1, 0.15) is 24.2 Å². The number of nitrogens with zero attached hydrogens (tertiary/aromatic N) is 3. The van der Waals surface area contributed by atoms with Crippen molar-refractivity contribution in [3.05, 3.63) is 42.0 Å². The minimum atomic E-state index is 0.673. The summed E-state index contributed by atoms with van der Waals surface area (Å²) in [5.74, 6) is 3.56. The van der Waals surface area contributed by atoms with Gasteiger partial charge in [0.2, 0.25) is 0 Å². The van der Waals surface area contributed by atoms with Crippen LogP contribution in [0.15, 0.2) is 30.6 Å². The maximum absolute atomic E-state index is 5.38. The number of imidazole rings is 1. The maximum atomic E-state index is 5.38. The van der Waals surface area contributed by atoms with Gasteiger partial charge in [-0.25, -0.2) is 4.98 Å². The highest BCUT2D eigenvalue weighted by Gasteiger charge is 2.21. The zero-order chi connectivity index (χ0) is 16.9. The third-order valence-electron chi connectivity index (χ3n) is 4.81. The summed E-state index contributed by atoms with van der Waals surface area (Å²) in [7, 11) is 5.47. The molecule has 0 aliphatic carbocycles. The van der Waals surface area contributed by atoms with Crippen LogP contribution < -0.4 is 9.47 Å². The lowest BCUT2D eigenvalue weighted by atomic mass is 9.94. The predicted octanol–water partition coefficient (Wildman–Crippen LogP) is 2.89. The van der Waals surface area contributed by atoms with E-state index in [1.54, 1.807) is 14.2 Å². The van der Waals surface area contributed by atoms with Crippen molar-refractivity contribution in [3.8, 4) is 11.5 Å². The minimum Gasteiger partial charge on any atom is -0.497 e. The molecule has 1 aliphatic rings. The third-order valence-corrected chi connectivity index (χ3v) is 4.81. The third kappa shape index (κ3) is 4.09. The van der Waals surface area contributed by atoms with Crippen LogP contribution in [-0.2, 0) is 20.0 Å². The molecule has 1 aromatic heterocycles. The molecule has 0 radical (unpaired) electrons. The number of ether oxygens (including phenoxy) is 2. The smallest absolute Gasteiger partial charge is 0.122 e. The first-order chi connectivity index (χ1) is 11.7. The van der Waals surface area contributed by atoms with E-state index in [1.807, 2.05) is 18.5 Å². The van der Waals surface area contributed by atoms with Crippen LogP contribution in [0.4, 0.5) is 0 Å². The second kappa shape index (κ2) is 7.71. The first kappa shape index (κ1) is 16.8. The average Bonchev–Trinajstić information content (AvgIpc) is 2.99. The molecule has 5 heteroatoms. The number of methoxy groups -OCH3 is 2. The summed E-state index contributed by atoms with van der Waals surface area (Å²) >= 11 is 0. The van der Waals surface area contributed by atoms with Crippen molar-refractivity contribution in [1.82, 2.24) is 14.5 Å². The van der Waals surface area contributed by atoms with Gasteiger partial charge in [0.05, 0.1) is 14.2 Å². The molecular weight excluding hydrogens is 302 g/mol. The van der Waals surface area contributed by atoms with Crippen molar-refractivity contribution in [2.45, 2.75) is 25.8 Å². The number of hydrogen-bond donors (Lipinski definition) is 0. The van der Waals surface area contributed by atoms with Crippen LogP contribution in [-0.4, -0.2) is 41.8 Å². The van der Waals surface area contributed by atoms with Crippen molar-refractivity contribution in [2.75, 3.05) is 27.3 Å². The molecule has 1 aliphatic heterocycles. The molecule has 0 N–H and O–H groups in total. The highest BCUT2D eigenvalue weighted by atomic mass is 16.5. The van der Waals surface area contributed by atoms with Crippen LogP contribution in [0.25, 0.3) is 0 Å². The predicted molar refractivity (Wildman–Crippen MR) is 94.5 cm³/mol. The lowest BCUT2D eigenvalue weighted by Gasteiger charge is -2.32. The molecule has 1 fully saturated rings. The Morgan fingerprint density at radius 3 is 2.54 bits per heavy atom. The molecule has 0 bridgehead atoms. The maximum Gasteiger partial charge on any atom is 0.122 e. The zero-order valence-corrected chi connectivity index (χ0v) is 14.9. The summed E-state index contributed by atoms with van der Waals surface area (Å²) in [6, 6.07) is 6.12. The Morgan fingerprint density at radius 2 is 1.92 bits per heavy atom. The lowest BCUT2D eigenvalue weighted by Crippen LogP contribution is -2.36. The van der Waals surface area contributed by atoms with E-state index in [2.05, 4.69) is 33.6 Å². The topological polar surface area (TPSA) is 39.5 Å². The largest absolute Gasteiger partial charge is 0.497 e. The van der Waals surface area contributed by atoms with E-state index in [0.717, 1.165) is 37.6 Å². The van der Waals surface area contributed by atoms with E-state index >= 15 is 0 Å². The Bertz CT molecular complexity index is 646. The molecule has 5 nitrogen and oxygen atoms in total. The van der Waals surface area contributed by atoms with Gasteiger partial charge in [0.15, 0.2) is 0 Å². The Balaban J connectivity index is 1.64. The Morgan fingerprint density at radius 1 is 1.17 bits per heavy atom. The molecule has 1 unspecified atom stereocenters. The van der Waals surface area contributed by atoms with Crippen molar-refractivity contribution in [1.29, 1.82) is 0 Å². The van der Waals surface area contributed by atoms with Gasteiger partial charge in [-0.3, -0.25) is 4.90 Å². The number of hydrogen-bond acceptors (Lipinski definition) is 4. The van der Waals surface area contributed by atoms with Crippen LogP contribution in [0.5, 0.6) is 11.5 Å². The van der Waals surface area contributed by atoms with Gasteiger partial charge in [0.25, 0.3) is 0 Å². The summed E-state index contributed by atoms with van der Waals surface area (Å²) in [4.78, 5) is 7.01. The Labute approximate surface area is 144 Å². The van der Waals surface area contributed by atoms with Crippen molar-refractivity contribution in [3.63, 3.8) is 0 Å². The van der Waals surface area contributed by atoms with E-state index in [1.165, 1.54) is 24.2 Å². The van der Waals surface area contributed by atoms with E-state index in [9.17, 15) is 0 Å². The van der Waals surface area contributed by atoms with Gasteiger partial charge in [-0.2, -0.15) is 0 Å². The number of likely N-dealkylation sites (tertiary alicyclic amines) is 1. The molecular formula is C19H27N3O2. The Hall–Kier alpha value is -2.01. The molecule has 24 heavy (non-hydrogen) atoms. The van der Waals surface area contributed by atoms with Crippen molar-refractivity contribution < 1.29 is 9.47 Å². The quantitative estimate of drug-likeness (QED) is 0.817. The van der Waals surface area contributed by atoms with Gasteiger partial charge in [-0.05, 0) is 43.0 Å². The number of benzene rings is 1. The minimum absolute atomic E-state index is 0.673. The molecule has 1 saturated heterocycles. The molecule has 1 atom stereocenters. The first-order valence-electron chi connectivity index (χ1n) is 8.58. The zero-order valence-electron chi connectivity index (χ0n) is 14.9. The van der Waals surface area contributed by atoms with Gasteiger partial charge in [-0.15, -0.1) is 0 Å². The van der Waals surface area contributed by atoms with Crippen LogP contribution >= 0.6 is 0 Å². The van der Waals surface area contributed by atoms with Gasteiger partial charge >= 0.3 is 0 Å². The van der Waals surface area contributed by atoms with Gasteiger partial charge in [-0.1, -0.05) is 0 Å². The fourth-order valence-corrected chi connectivity index (χ4v) is 3.53. The first-order valence-corrected chi connectivity index (χ1v) is 8.58. The molecule has 3 rings (SSSR count). The van der Waals surface area contributed by atoms with Crippen LogP contribution in [0, 0.1) is 5.92 Å². The van der Waals surface area contributed by atoms with Gasteiger partial charge < -0.3 is 14.0 Å². The monoisotopic (exact) mass is 329 g/mol. The molecule has 2 heterocycles. The SMILES string of the molecule is COc1cc(CN2CCCC(Cc3nccn3C)C2)cc(OC)c1. The second-order valence-corrected chi connectivity index (χ2v) is 6.62. The molecule has 1 aromatic carbocycles. The van der Waals surface area contributed by atoms with E-state index in [0.29, 0.717) is 5.92 Å². The summed E-state index contributed by atoms with van der Waals surface area (Å²) in [5.41, 5.74) is 1.24. The highest BCUT2D eigenvalue weighted by molar-refractivity contribution is 5.38. The number of aromatic nitrogens is 2. The van der Waals surface area contributed by atoms with Gasteiger partial charge in [0.1, 0.15) is 17.3 Å². The molecule has 130 valence electrons. The standard InChI is InChI=1S/C19H27N3O2/c1-21-8-6-20-19(21)11-15-5-4-7-22(13-15)14-16-9-17(23-2)12-18(10-16)24-3/h6,8-10,12,15H,4-5,7,11,13-14H2,1-3H3. The van der Waals surface area contributed by atoms with Crippen LogP contribution in [0.2, 0.25) is 0 Å². The van der Waals surface area contributed by atoms with Crippen molar-refractivity contribution >= 4 is 0 Å². The van der Waals surface area contributed by atoms with E-state index in [4.69, 9.17) is 9.47 Å². The lowest BCUT2D eigenvalue weighted by molar-refractivity contribution is 0.165. The fraction of sp³-hybridized carbons (Fsp3) is 0.526. The number of aryl methyl sites for hydroxylation is 1. The second-order valence-electron chi connectivity index (χ2n) is 6.62. The van der Waals surface area contributed by atoms with Crippen molar-refractivity contribution in [2.24, 2.45) is 13.0 Å². The Kier molecular flexibility index (Phi) is 5.41. The summed E-state index contributed by atoms with van der Waals surface area (Å²) in [6.07, 6.45) is 7.50. The number of piperidine rings is 1. The highest BCUT2D eigenvalue weighted by Crippen LogP contribution is 2.26. The van der Waals surface area contributed by atoms with E-state index < -0.39 is 0 Å². The summed E-state index contributed by atoms with van der Waals surface area (Å²) in [6.45, 7) is 3.20. The van der Waals surface area contributed by atoms with Gasteiger partial charge in [0, 0.05) is 45.0 Å². The normalized spacial score (nSPS) is 18.5. The van der Waals surface area contributed by atoms with E-state index in [-0.39, 0.29) is 0 Å². The molecule has 0 amide bonds. The summed E-state index contributed by atoms with van der Waals surface area (Å²) < 4.78 is 12.9. The van der Waals surface area contributed by atoms with Crippen LogP contribution in [0.3, 0.4) is 0 Å².